The van der Waals surface area contributed by atoms with Gasteiger partial charge < -0.3 is 15.4 Å². The first-order valence-corrected chi connectivity index (χ1v) is 9.93. The lowest BCUT2D eigenvalue weighted by molar-refractivity contribution is -0.206. The van der Waals surface area contributed by atoms with Crippen LogP contribution < -0.4 is 0 Å². The van der Waals surface area contributed by atoms with Crippen molar-refractivity contribution in [2.45, 2.75) is 83.3 Å². The monoisotopic (exact) mass is 335 g/mol. The molecule has 4 aliphatic rings. The molecule has 0 radical (unpaired) electrons. The van der Waals surface area contributed by atoms with Crippen molar-refractivity contribution in [2.75, 3.05) is 0 Å². The summed E-state index contributed by atoms with van der Waals surface area (Å²) in [5, 5.41) is 34.3. The van der Waals surface area contributed by atoms with Crippen molar-refractivity contribution >= 4 is 6.21 Å². The van der Waals surface area contributed by atoms with Gasteiger partial charge in [-0.25, -0.2) is 0 Å². The van der Waals surface area contributed by atoms with Crippen molar-refractivity contribution in [3.63, 3.8) is 0 Å². The van der Waals surface area contributed by atoms with E-state index in [-0.39, 0.29) is 22.9 Å². The largest absolute Gasteiger partial charge is 0.411 e. The van der Waals surface area contributed by atoms with Gasteiger partial charge in [-0.15, -0.1) is 5.16 Å². The molecule has 0 aromatic heterocycles. The highest BCUT2D eigenvalue weighted by atomic mass is 16.4. The third-order valence-corrected chi connectivity index (χ3v) is 9.14. The van der Waals surface area contributed by atoms with E-state index in [0.29, 0.717) is 17.8 Å². The molecule has 4 nitrogen and oxygen atoms in total. The van der Waals surface area contributed by atoms with Gasteiger partial charge >= 0.3 is 0 Å². The van der Waals surface area contributed by atoms with Gasteiger partial charge in [0, 0.05) is 17.5 Å². The quantitative estimate of drug-likeness (QED) is 0.389. The molecule has 4 saturated carbocycles. The number of rotatable bonds is 1. The molecule has 4 fully saturated rings. The Morgan fingerprint density at radius 1 is 0.958 bits per heavy atom. The van der Waals surface area contributed by atoms with Gasteiger partial charge in [0.05, 0.1) is 11.7 Å². The van der Waals surface area contributed by atoms with Gasteiger partial charge in [0.1, 0.15) is 0 Å². The van der Waals surface area contributed by atoms with Crippen LogP contribution in [0.25, 0.3) is 0 Å². The number of fused-ring (bicyclic) bond motifs is 5. The lowest BCUT2D eigenvalue weighted by atomic mass is 9.43. The van der Waals surface area contributed by atoms with Crippen molar-refractivity contribution in [3.05, 3.63) is 0 Å². The van der Waals surface area contributed by atoms with Gasteiger partial charge in [0.15, 0.2) is 0 Å². The first-order chi connectivity index (χ1) is 11.3. The predicted molar refractivity (Wildman–Crippen MR) is 93.0 cm³/mol. The first kappa shape index (κ1) is 16.8. The minimum atomic E-state index is -0.619. The Hall–Kier alpha value is -0.610. The Morgan fingerprint density at radius 3 is 2.50 bits per heavy atom. The highest BCUT2D eigenvalue weighted by Crippen LogP contribution is 2.68. The summed E-state index contributed by atoms with van der Waals surface area (Å²) in [4.78, 5) is 0. The molecule has 0 aliphatic heterocycles. The van der Waals surface area contributed by atoms with E-state index in [0.717, 1.165) is 51.4 Å². The van der Waals surface area contributed by atoms with E-state index in [2.05, 4.69) is 19.0 Å². The molecular weight excluding hydrogens is 302 g/mol. The number of nitrogens with zero attached hydrogens (tertiary/aromatic N) is 1. The molecule has 0 saturated heterocycles. The highest BCUT2D eigenvalue weighted by molar-refractivity contribution is 5.62. The Labute approximate surface area is 145 Å². The van der Waals surface area contributed by atoms with Crippen LogP contribution in [0.15, 0.2) is 5.16 Å². The summed E-state index contributed by atoms with van der Waals surface area (Å²) in [6.07, 6.45) is 10.7. The van der Waals surface area contributed by atoms with Crippen LogP contribution in [0.3, 0.4) is 0 Å². The summed E-state index contributed by atoms with van der Waals surface area (Å²) < 4.78 is 0. The lowest BCUT2D eigenvalue weighted by Crippen LogP contribution is -2.62. The van der Waals surface area contributed by atoms with Crippen LogP contribution in [-0.4, -0.2) is 33.3 Å². The molecule has 4 aliphatic carbocycles. The fourth-order valence-electron chi connectivity index (χ4n) is 7.56. The second-order valence-corrected chi connectivity index (χ2v) is 9.71. The minimum Gasteiger partial charge on any atom is -0.411 e. The third kappa shape index (κ3) is 2.02. The van der Waals surface area contributed by atoms with Crippen LogP contribution in [0.4, 0.5) is 0 Å². The molecule has 0 aromatic carbocycles. The summed E-state index contributed by atoms with van der Waals surface area (Å²) in [5.41, 5.74) is -0.494. The summed E-state index contributed by atoms with van der Waals surface area (Å²) in [7, 11) is 0. The molecular formula is C20H33NO3. The average Bonchev–Trinajstić information content (AvgIpc) is 2.81. The molecule has 0 spiro atoms. The summed E-state index contributed by atoms with van der Waals surface area (Å²) in [6, 6.07) is 0. The number of hydrogen-bond donors (Lipinski definition) is 3. The molecule has 24 heavy (non-hydrogen) atoms. The smallest absolute Gasteiger partial charge is 0.0738 e. The van der Waals surface area contributed by atoms with Crippen LogP contribution in [0.5, 0.6) is 0 Å². The Morgan fingerprint density at radius 2 is 1.75 bits per heavy atom. The number of aliphatic hydroxyl groups excluding tert-OH is 1. The highest BCUT2D eigenvalue weighted by Gasteiger charge is 2.66. The van der Waals surface area contributed by atoms with E-state index >= 15 is 0 Å². The van der Waals surface area contributed by atoms with Crippen molar-refractivity contribution in [2.24, 2.45) is 39.7 Å². The van der Waals surface area contributed by atoms with Crippen molar-refractivity contribution in [3.8, 4) is 0 Å². The van der Waals surface area contributed by atoms with Crippen LogP contribution >= 0.6 is 0 Å². The van der Waals surface area contributed by atoms with Gasteiger partial charge in [0.2, 0.25) is 0 Å². The number of oxime groups is 1. The molecule has 4 heteroatoms. The maximum Gasteiger partial charge on any atom is 0.0738 e. The lowest BCUT2D eigenvalue weighted by Gasteiger charge is -2.63. The zero-order valence-electron chi connectivity index (χ0n) is 15.1. The maximum absolute atomic E-state index is 11.8. The zero-order valence-corrected chi connectivity index (χ0v) is 15.1. The zero-order chi connectivity index (χ0) is 17.2. The fourth-order valence-corrected chi connectivity index (χ4v) is 7.56. The molecule has 0 heterocycles. The maximum atomic E-state index is 11.8. The molecule has 0 aromatic rings. The number of aliphatic hydroxyl groups is 2. The second kappa shape index (κ2) is 5.44. The van der Waals surface area contributed by atoms with E-state index in [1.807, 2.05) is 0 Å². The molecule has 8 unspecified atom stereocenters. The summed E-state index contributed by atoms with van der Waals surface area (Å²) in [6.45, 7) is 4.66. The molecule has 8 atom stereocenters. The van der Waals surface area contributed by atoms with Gasteiger partial charge in [-0.2, -0.15) is 0 Å². The van der Waals surface area contributed by atoms with Crippen molar-refractivity contribution in [1.29, 1.82) is 0 Å². The first-order valence-electron chi connectivity index (χ1n) is 9.93. The van der Waals surface area contributed by atoms with Crippen LogP contribution in [0, 0.1) is 34.5 Å². The molecule has 0 amide bonds. The summed E-state index contributed by atoms with van der Waals surface area (Å²) in [5.74, 6) is 1.75. The Bertz CT molecular complexity index is 537. The molecule has 4 rings (SSSR count). The normalized spacial score (nSPS) is 57.4. The van der Waals surface area contributed by atoms with Gasteiger partial charge in [-0.05, 0) is 81.0 Å². The van der Waals surface area contributed by atoms with Crippen LogP contribution in [0.2, 0.25) is 0 Å². The summed E-state index contributed by atoms with van der Waals surface area (Å²) >= 11 is 0. The van der Waals surface area contributed by atoms with E-state index in [9.17, 15) is 10.2 Å². The van der Waals surface area contributed by atoms with Crippen molar-refractivity contribution in [1.82, 2.24) is 0 Å². The topological polar surface area (TPSA) is 73.1 Å². The molecule has 3 N–H and O–H groups in total. The molecule has 136 valence electrons. The van der Waals surface area contributed by atoms with Crippen LogP contribution in [-0.2, 0) is 0 Å². The predicted octanol–water partition coefficient (Wildman–Crippen LogP) is 3.58. The second-order valence-electron chi connectivity index (χ2n) is 9.71. The van der Waals surface area contributed by atoms with Gasteiger partial charge in [0.25, 0.3) is 0 Å². The SMILES string of the molecule is CC12CCC(O)CC1CCC1C2CCC2(C)C(/C=N\O)CCC12O. The van der Waals surface area contributed by atoms with E-state index in [1.54, 1.807) is 6.21 Å². The van der Waals surface area contributed by atoms with E-state index < -0.39 is 5.60 Å². The fraction of sp³-hybridized carbons (Fsp3) is 0.950. The van der Waals surface area contributed by atoms with E-state index in [4.69, 9.17) is 5.21 Å². The van der Waals surface area contributed by atoms with Crippen LogP contribution in [0.1, 0.15) is 71.6 Å². The Balaban J connectivity index is 1.66. The standard InChI is InChI=1S/C20H33NO3/c1-18-8-6-15(22)11-13(18)3-4-17-16(18)7-9-19(2)14(12-21-24)5-10-20(17,19)23/h12-17,22-24H,3-11H2,1-2H3/b21-12-. The van der Waals surface area contributed by atoms with E-state index in [1.165, 1.54) is 6.42 Å². The van der Waals surface area contributed by atoms with Gasteiger partial charge in [-0.3, -0.25) is 0 Å². The minimum absolute atomic E-state index is 0.117. The van der Waals surface area contributed by atoms with Gasteiger partial charge in [-0.1, -0.05) is 13.8 Å². The Kier molecular flexibility index (Phi) is 3.82. The number of hydrogen-bond acceptors (Lipinski definition) is 4. The third-order valence-electron chi connectivity index (χ3n) is 9.14. The van der Waals surface area contributed by atoms with Crippen molar-refractivity contribution < 1.29 is 15.4 Å². The average molecular weight is 335 g/mol. The molecule has 0 bridgehead atoms.